The van der Waals surface area contributed by atoms with Crippen LogP contribution in [0.4, 0.5) is 0 Å². The van der Waals surface area contributed by atoms with E-state index in [0.29, 0.717) is 11.1 Å². The average molecular weight is 394 g/mol. The topological polar surface area (TPSA) is 76.1 Å². The van der Waals surface area contributed by atoms with Gasteiger partial charge in [-0.15, -0.1) is 0 Å². The van der Waals surface area contributed by atoms with E-state index in [-0.39, 0.29) is 17.3 Å². The van der Waals surface area contributed by atoms with Crippen molar-refractivity contribution in [3.05, 3.63) is 95.3 Å². The summed E-state index contributed by atoms with van der Waals surface area (Å²) in [6.45, 7) is 3.86. The molecule has 5 nitrogen and oxygen atoms in total. The maximum atomic E-state index is 13.2. The molecule has 0 saturated heterocycles. The van der Waals surface area contributed by atoms with Crippen LogP contribution in [-0.2, 0) is 9.84 Å². The first kappa shape index (κ1) is 19.8. The summed E-state index contributed by atoms with van der Waals surface area (Å²) in [5.41, 5.74) is 3.14. The Morgan fingerprint density at radius 1 is 1.00 bits per heavy atom. The summed E-state index contributed by atoms with van der Waals surface area (Å²) in [5, 5.41) is 1.84. The largest absolute Gasteiger partial charge is 0.350 e. The van der Waals surface area contributed by atoms with Gasteiger partial charge < -0.3 is 5.32 Å². The highest BCUT2D eigenvalue weighted by atomic mass is 32.2. The third-order valence-corrected chi connectivity index (χ3v) is 6.84. The number of carbonyl (C=O) groups is 1. The van der Waals surface area contributed by atoms with Crippen LogP contribution < -0.4 is 5.32 Å². The number of hydrogen-bond acceptors (Lipinski definition) is 4. The van der Waals surface area contributed by atoms with E-state index in [1.54, 1.807) is 60.8 Å². The van der Waals surface area contributed by atoms with Crippen LogP contribution in [0, 0.1) is 13.8 Å². The minimum atomic E-state index is -3.70. The zero-order valence-electron chi connectivity index (χ0n) is 15.8. The van der Waals surface area contributed by atoms with Gasteiger partial charge in [-0.05, 0) is 60.9 Å². The van der Waals surface area contributed by atoms with Crippen molar-refractivity contribution < 1.29 is 13.2 Å². The molecule has 0 aliphatic carbocycles. The van der Waals surface area contributed by atoms with Crippen molar-refractivity contribution in [2.45, 2.75) is 24.0 Å². The number of aryl methyl sites for hydroxylation is 2. The molecule has 0 bridgehead atoms. The van der Waals surface area contributed by atoms with Crippen molar-refractivity contribution in [1.82, 2.24) is 10.3 Å². The van der Waals surface area contributed by atoms with E-state index in [1.165, 1.54) is 6.20 Å². The second-order valence-corrected chi connectivity index (χ2v) is 8.77. The molecule has 28 heavy (non-hydrogen) atoms. The highest BCUT2D eigenvalue weighted by Crippen LogP contribution is 2.28. The van der Waals surface area contributed by atoms with Crippen LogP contribution in [0.3, 0.4) is 0 Å². The molecule has 1 heterocycles. The summed E-state index contributed by atoms with van der Waals surface area (Å²) in [6, 6.07) is 17.1. The molecule has 3 rings (SSSR count). The number of benzene rings is 2. The van der Waals surface area contributed by atoms with Crippen LogP contribution in [0.5, 0.6) is 0 Å². The van der Waals surface area contributed by atoms with E-state index >= 15 is 0 Å². The van der Waals surface area contributed by atoms with Crippen LogP contribution >= 0.6 is 0 Å². The van der Waals surface area contributed by atoms with E-state index in [4.69, 9.17) is 0 Å². The Labute approximate surface area is 165 Å². The molecule has 1 aromatic heterocycles. The van der Waals surface area contributed by atoms with Crippen molar-refractivity contribution in [3.8, 4) is 0 Å². The van der Waals surface area contributed by atoms with Crippen molar-refractivity contribution in [3.63, 3.8) is 0 Å². The highest BCUT2D eigenvalue weighted by molar-refractivity contribution is 7.91. The maximum absolute atomic E-state index is 13.2. The third kappa shape index (κ3) is 4.28. The molecule has 0 fully saturated rings. The summed E-state index contributed by atoms with van der Waals surface area (Å²) in [4.78, 5) is 16.8. The second kappa shape index (κ2) is 8.35. The molecule has 6 heteroatoms. The Hall–Kier alpha value is -2.99. The fraction of sp³-hybridized carbons (Fsp3) is 0.182. The van der Waals surface area contributed by atoms with Crippen LogP contribution in [0.15, 0.2) is 78.0 Å². The first-order chi connectivity index (χ1) is 13.4. The van der Waals surface area contributed by atoms with E-state index in [9.17, 15) is 13.2 Å². The molecule has 2 aromatic carbocycles. The number of rotatable bonds is 6. The maximum Gasteiger partial charge on any atom is 0.251 e. The van der Waals surface area contributed by atoms with Gasteiger partial charge in [-0.1, -0.05) is 30.3 Å². The van der Waals surface area contributed by atoms with E-state index in [0.717, 1.165) is 11.1 Å². The van der Waals surface area contributed by atoms with E-state index in [1.807, 2.05) is 19.9 Å². The van der Waals surface area contributed by atoms with Gasteiger partial charge in [0.25, 0.3) is 5.91 Å². The molecule has 0 unspecified atom stereocenters. The summed E-state index contributed by atoms with van der Waals surface area (Å²) in [7, 11) is -3.70. The molecular weight excluding hydrogens is 372 g/mol. The van der Waals surface area contributed by atoms with Gasteiger partial charge in [-0.2, -0.15) is 0 Å². The van der Waals surface area contributed by atoms with Crippen LogP contribution in [-0.4, -0.2) is 25.9 Å². The van der Waals surface area contributed by atoms with Crippen molar-refractivity contribution in [2.24, 2.45) is 0 Å². The SMILES string of the molecule is Cc1ccc(C(=O)NC[C@@H](c2cccnc2)S(=O)(=O)c2ccccc2)cc1C. The van der Waals surface area contributed by atoms with E-state index in [2.05, 4.69) is 10.3 Å². The fourth-order valence-electron chi connectivity index (χ4n) is 2.92. The molecule has 1 atom stereocenters. The number of nitrogens with zero attached hydrogens (tertiary/aromatic N) is 1. The zero-order valence-corrected chi connectivity index (χ0v) is 16.6. The monoisotopic (exact) mass is 394 g/mol. The van der Waals surface area contributed by atoms with E-state index < -0.39 is 15.1 Å². The lowest BCUT2D eigenvalue weighted by molar-refractivity contribution is 0.0953. The lowest BCUT2D eigenvalue weighted by Gasteiger charge is -2.19. The first-order valence-corrected chi connectivity index (χ1v) is 10.5. The average Bonchev–Trinajstić information content (AvgIpc) is 2.71. The summed E-state index contributed by atoms with van der Waals surface area (Å²) in [6.07, 6.45) is 3.11. The first-order valence-electron chi connectivity index (χ1n) is 8.94. The summed E-state index contributed by atoms with van der Waals surface area (Å²) >= 11 is 0. The third-order valence-electron chi connectivity index (χ3n) is 4.72. The molecular formula is C22H22N2O3S. The van der Waals surface area contributed by atoms with Gasteiger partial charge in [-0.3, -0.25) is 9.78 Å². The Bertz CT molecular complexity index is 1070. The molecule has 3 aromatic rings. The van der Waals surface area contributed by atoms with Gasteiger partial charge in [0.2, 0.25) is 0 Å². The summed E-state index contributed by atoms with van der Waals surface area (Å²) in [5.74, 6) is -0.305. The zero-order chi connectivity index (χ0) is 20.1. The Morgan fingerprint density at radius 2 is 1.75 bits per heavy atom. The smallest absolute Gasteiger partial charge is 0.251 e. The van der Waals surface area contributed by atoms with Gasteiger partial charge in [-0.25, -0.2) is 8.42 Å². The Morgan fingerprint density at radius 3 is 2.39 bits per heavy atom. The van der Waals surface area contributed by atoms with Crippen molar-refractivity contribution in [1.29, 1.82) is 0 Å². The highest BCUT2D eigenvalue weighted by Gasteiger charge is 2.29. The predicted molar refractivity (Wildman–Crippen MR) is 109 cm³/mol. The quantitative estimate of drug-likeness (QED) is 0.692. The number of sulfone groups is 1. The Balaban J connectivity index is 1.88. The second-order valence-electron chi connectivity index (χ2n) is 6.64. The minimum absolute atomic E-state index is 0.0469. The number of pyridine rings is 1. The van der Waals surface area contributed by atoms with Crippen LogP contribution in [0.2, 0.25) is 0 Å². The molecule has 1 amide bonds. The lowest BCUT2D eigenvalue weighted by Crippen LogP contribution is -2.32. The normalized spacial score (nSPS) is 12.4. The predicted octanol–water partition coefficient (Wildman–Crippen LogP) is 3.64. The summed E-state index contributed by atoms with van der Waals surface area (Å²) < 4.78 is 26.4. The number of hydrogen-bond donors (Lipinski definition) is 1. The van der Waals surface area contributed by atoms with Crippen molar-refractivity contribution >= 4 is 15.7 Å². The Kier molecular flexibility index (Phi) is 5.90. The fourth-order valence-corrected chi connectivity index (χ4v) is 4.58. The molecule has 0 aliphatic heterocycles. The van der Waals surface area contributed by atoms with Gasteiger partial charge in [0.1, 0.15) is 5.25 Å². The van der Waals surface area contributed by atoms with Gasteiger partial charge in [0, 0.05) is 24.5 Å². The van der Waals surface area contributed by atoms with Crippen LogP contribution in [0.1, 0.15) is 32.3 Å². The number of amides is 1. The number of aromatic nitrogens is 1. The molecule has 1 N–H and O–H groups in total. The van der Waals surface area contributed by atoms with Gasteiger partial charge in [0.05, 0.1) is 4.90 Å². The minimum Gasteiger partial charge on any atom is -0.350 e. The van der Waals surface area contributed by atoms with Crippen LogP contribution in [0.25, 0.3) is 0 Å². The molecule has 0 radical (unpaired) electrons. The molecule has 0 saturated carbocycles. The standard InChI is InChI=1S/C22H22N2O3S/c1-16-10-11-18(13-17(16)2)22(25)24-15-21(19-7-6-12-23-14-19)28(26,27)20-8-4-3-5-9-20/h3-14,21H,15H2,1-2H3,(H,24,25)/t21-/m0/s1. The van der Waals surface area contributed by atoms with Crippen molar-refractivity contribution in [2.75, 3.05) is 6.54 Å². The molecule has 144 valence electrons. The van der Waals surface area contributed by atoms with Gasteiger partial charge >= 0.3 is 0 Å². The molecule has 0 aliphatic rings. The lowest BCUT2D eigenvalue weighted by atomic mass is 10.1. The molecule has 0 spiro atoms. The van der Waals surface area contributed by atoms with Gasteiger partial charge in [0.15, 0.2) is 9.84 Å². The number of nitrogens with one attached hydrogen (secondary N) is 1. The number of carbonyl (C=O) groups excluding carboxylic acids is 1.